The zero-order chi connectivity index (χ0) is 26.7. The highest BCUT2D eigenvalue weighted by molar-refractivity contribution is 5.26. The lowest BCUT2D eigenvalue weighted by atomic mass is 9.60. The maximum atomic E-state index is 10.6. The number of allylic oxidation sites excluding steroid dienone is 3. The number of hydrogen-bond donors (Lipinski definition) is 5. The molecule has 3 fully saturated rings. The van der Waals surface area contributed by atoms with Crippen molar-refractivity contribution in [3.8, 4) is 0 Å². The van der Waals surface area contributed by atoms with Crippen molar-refractivity contribution in [2.24, 2.45) is 23.2 Å². The Morgan fingerprint density at radius 3 is 2.25 bits per heavy atom. The van der Waals surface area contributed by atoms with Gasteiger partial charge in [0, 0.05) is 0 Å². The summed E-state index contributed by atoms with van der Waals surface area (Å²) in [4.78, 5) is 0. The van der Waals surface area contributed by atoms with Gasteiger partial charge in [-0.25, -0.2) is 0 Å². The first kappa shape index (κ1) is 29.8. The highest BCUT2D eigenvalue weighted by Gasteiger charge is 2.51. The monoisotopic (exact) mass is 506 g/mol. The van der Waals surface area contributed by atoms with E-state index in [1.807, 2.05) is 13.8 Å². The van der Waals surface area contributed by atoms with Gasteiger partial charge in [-0.3, -0.25) is 0 Å². The molecule has 0 aromatic rings. The predicted molar refractivity (Wildman–Crippen MR) is 145 cm³/mol. The molecule has 3 saturated carbocycles. The van der Waals surface area contributed by atoms with E-state index >= 15 is 0 Å². The molecule has 7 atom stereocenters. The van der Waals surface area contributed by atoms with Gasteiger partial charge in [0.25, 0.3) is 0 Å². The topological polar surface area (TPSA) is 101 Å². The minimum atomic E-state index is -1.09. The standard InChI is InChI=1S/C31H54O5/c1-29(2,35)16-6-8-23(12-15-28(34)30(3,4)36)27-14-13-26-22(9-7-17-31(26,27)5)11-10-21-18-24(32)20-25(33)19-21/h10-11,23-28,32-36H,6-9,12-20H2,1-5H3/b22-11+/t23-,24+,25+,26-,27+,28?,31-/m0/s1. The highest BCUT2D eigenvalue weighted by atomic mass is 16.3. The van der Waals surface area contributed by atoms with Crippen LogP contribution in [0.2, 0.25) is 0 Å². The molecule has 3 aliphatic rings. The van der Waals surface area contributed by atoms with Crippen LogP contribution in [0.15, 0.2) is 23.3 Å². The van der Waals surface area contributed by atoms with Gasteiger partial charge in [-0.1, -0.05) is 43.1 Å². The van der Waals surface area contributed by atoms with Gasteiger partial charge in [0.2, 0.25) is 0 Å². The molecule has 3 rings (SSSR count). The van der Waals surface area contributed by atoms with E-state index in [0.29, 0.717) is 43.4 Å². The second kappa shape index (κ2) is 12.0. The molecule has 36 heavy (non-hydrogen) atoms. The second-order valence-corrected chi connectivity index (χ2v) is 13.8. The van der Waals surface area contributed by atoms with Crippen LogP contribution in [0.4, 0.5) is 0 Å². The Morgan fingerprint density at radius 2 is 1.64 bits per heavy atom. The molecule has 0 spiro atoms. The van der Waals surface area contributed by atoms with Crippen LogP contribution in [0.25, 0.3) is 0 Å². The van der Waals surface area contributed by atoms with Crippen LogP contribution >= 0.6 is 0 Å². The minimum Gasteiger partial charge on any atom is -0.393 e. The van der Waals surface area contributed by atoms with E-state index in [2.05, 4.69) is 19.1 Å². The summed E-state index contributed by atoms with van der Waals surface area (Å²) in [5.41, 5.74) is 1.16. The second-order valence-electron chi connectivity index (χ2n) is 13.8. The van der Waals surface area contributed by atoms with E-state index in [9.17, 15) is 25.5 Å². The third kappa shape index (κ3) is 7.89. The molecule has 5 nitrogen and oxygen atoms in total. The van der Waals surface area contributed by atoms with E-state index in [4.69, 9.17) is 0 Å². The summed E-state index contributed by atoms with van der Waals surface area (Å²) in [7, 11) is 0. The number of fused-ring (bicyclic) bond motifs is 1. The molecule has 0 saturated heterocycles. The van der Waals surface area contributed by atoms with Gasteiger partial charge < -0.3 is 25.5 Å². The molecule has 0 aliphatic heterocycles. The van der Waals surface area contributed by atoms with Gasteiger partial charge in [0.05, 0.1) is 29.5 Å². The zero-order valence-electron chi connectivity index (χ0n) is 23.5. The van der Waals surface area contributed by atoms with Crippen LogP contribution in [0.1, 0.15) is 118 Å². The molecule has 0 bridgehead atoms. The average Bonchev–Trinajstić information content (AvgIpc) is 3.09. The van der Waals surface area contributed by atoms with E-state index in [0.717, 1.165) is 37.7 Å². The van der Waals surface area contributed by atoms with Crippen LogP contribution in [0.3, 0.4) is 0 Å². The molecule has 0 aromatic heterocycles. The van der Waals surface area contributed by atoms with Crippen LogP contribution in [0, 0.1) is 23.2 Å². The normalized spacial score (nSPS) is 34.5. The van der Waals surface area contributed by atoms with Crippen LogP contribution in [-0.4, -0.2) is 55.0 Å². The van der Waals surface area contributed by atoms with Gasteiger partial charge in [0.1, 0.15) is 0 Å². The Bertz CT molecular complexity index is 761. The molecule has 0 amide bonds. The summed E-state index contributed by atoms with van der Waals surface area (Å²) in [6, 6.07) is 0. The maximum absolute atomic E-state index is 10.6. The molecule has 5 heteroatoms. The Morgan fingerprint density at radius 1 is 0.972 bits per heavy atom. The van der Waals surface area contributed by atoms with E-state index < -0.39 is 29.5 Å². The fraction of sp³-hybridized carbons (Fsp3) is 0.871. The van der Waals surface area contributed by atoms with Crippen LogP contribution < -0.4 is 0 Å². The number of hydrogen-bond acceptors (Lipinski definition) is 5. The average molecular weight is 507 g/mol. The van der Waals surface area contributed by atoms with Gasteiger partial charge in [-0.05, 0) is 121 Å². The van der Waals surface area contributed by atoms with Crippen molar-refractivity contribution in [3.05, 3.63) is 23.3 Å². The number of rotatable bonds is 10. The molecule has 0 aromatic carbocycles. The molecule has 3 aliphatic carbocycles. The largest absolute Gasteiger partial charge is 0.393 e. The molecule has 5 N–H and O–H groups in total. The molecule has 208 valence electrons. The predicted octanol–water partition coefficient (Wildman–Crippen LogP) is 5.43. The van der Waals surface area contributed by atoms with Gasteiger partial charge in [-0.15, -0.1) is 0 Å². The SMILES string of the molecule is CC(C)(O)CCC[C@@H](CCC(O)C(C)(C)O)[C@H]1CC[C@H]2/C(=C/C=C3C[C@@H](O)C[C@H](O)C3)CCC[C@]12C. The lowest BCUT2D eigenvalue weighted by Crippen LogP contribution is -2.39. The molecular weight excluding hydrogens is 452 g/mol. The fourth-order valence-electron chi connectivity index (χ4n) is 7.65. The lowest BCUT2D eigenvalue weighted by molar-refractivity contribution is -0.0563. The smallest absolute Gasteiger partial charge is 0.0849 e. The molecule has 0 radical (unpaired) electrons. The molecule has 0 heterocycles. The summed E-state index contributed by atoms with van der Waals surface area (Å²) >= 11 is 0. The quantitative estimate of drug-likeness (QED) is 0.272. The van der Waals surface area contributed by atoms with Crippen LogP contribution in [-0.2, 0) is 0 Å². The summed E-state index contributed by atoms with van der Waals surface area (Å²) < 4.78 is 0. The van der Waals surface area contributed by atoms with E-state index in [1.54, 1.807) is 13.8 Å². The van der Waals surface area contributed by atoms with Crippen molar-refractivity contribution < 1.29 is 25.5 Å². The maximum Gasteiger partial charge on any atom is 0.0849 e. The molecular formula is C31H54O5. The van der Waals surface area contributed by atoms with Crippen molar-refractivity contribution in [3.63, 3.8) is 0 Å². The van der Waals surface area contributed by atoms with Crippen LogP contribution in [0.5, 0.6) is 0 Å². The number of aliphatic hydroxyl groups is 5. The summed E-state index contributed by atoms with van der Waals surface area (Å²) in [6.45, 7) is 9.61. The summed E-state index contributed by atoms with van der Waals surface area (Å²) in [5, 5.41) is 51.3. The van der Waals surface area contributed by atoms with Gasteiger partial charge in [-0.2, -0.15) is 0 Å². The first-order valence-electron chi connectivity index (χ1n) is 14.6. The summed E-state index contributed by atoms with van der Waals surface area (Å²) in [6.07, 6.45) is 14.9. The molecule has 1 unspecified atom stereocenters. The van der Waals surface area contributed by atoms with Gasteiger partial charge >= 0.3 is 0 Å². The van der Waals surface area contributed by atoms with E-state index in [-0.39, 0.29) is 5.41 Å². The van der Waals surface area contributed by atoms with Crippen molar-refractivity contribution in [1.29, 1.82) is 0 Å². The van der Waals surface area contributed by atoms with Crippen molar-refractivity contribution in [2.75, 3.05) is 0 Å². The van der Waals surface area contributed by atoms with E-state index in [1.165, 1.54) is 31.3 Å². The van der Waals surface area contributed by atoms with Crippen molar-refractivity contribution in [2.45, 2.75) is 148 Å². The first-order valence-corrected chi connectivity index (χ1v) is 14.6. The van der Waals surface area contributed by atoms with Crippen molar-refractivity contribution in [1.82, 2.24) is 0 Å². The minimum absolute atomic E-state index is 0.229. The third-order valence-corrected chi connectivity index (χ3v) is 9.67. The zero-order valence-corrected chi connectivity index (χ0v) is 23.5. The van der Waals surface area contributed by atoms with Crippen molar-refractivity contribution >= 4 is 0 Å². The fourth-order valence-corrected chi connectivity index (χ4v) is 7.65. The lowest BCUT2D eigenvalue weighted by Gasteiger charge is -2.45. The Hall–Kier alpha value is -0.720. The Balaban J connectivity index is 1.76. The van der Waals surface area contributed by atoms with Gasteiger partial charge in [0.15, 0.2) is 0 Å². The Kier molecular flexibility index (Phi) is 9.93. The Labute approximate surface area is 219 Å². The first-order chi connectivity index (χ1) is 16.7. The highest BCUT2D eigenvalue weighted by Crippen LogP contribution is 2.60. The third-order valence-electron chi connectivity index (χ3n) is 9.67. The summed E-state index contributed by atoms with van der Waals surface area (Å²) in [5.74, 6) is 1.61. The number of aliphatic hydroxyl groups excluding tert-OH is 3.